The van der Waals surface area contributed by atoms with Gasteiger partial charge in [-0.25, -0.2) is 0 Å². The molecule has 1 aromatic carbocycles. The fraction of sp³-hybridized carbons (Fsp3) is 0.625. The number of hydrogen-bond acceptors (Lipinski definition) is 2. The molecule has 0 saturated carbocycles. The summed E-state index contributed by atoms with van der Waals surface area (Å²) >= 11 is 5.23. The second kappa shape index (κ2) is 11.7. The molecule has 0 heterocycles. The number of hydrogen-bond donors (Lipinski definition) is 0. The largest absolute Gasteiger partial charge is 0.494 e. The molecular formula is C16H25BrOS. The van der Waals surface area contributed by atoms with Crippen molar-refractivity contribution in [2.45, 2.75) is 49.8 Å². The van der Waals surface area contributed by atoms with Gasteiger partial charge in [-0.15, -0.1) is 11.8 Å². The van der Waals surface area contributed by atoms with Crippen LogP contribution in [-0.2, 0) is 0 Å². The molecule has 0 N–H and O–H groups in total. The van der Waals surface area contributed by atoms with Crippen LogP contribution >= 0.6 is 27.7 Å². The summed E-state index contributed by atoms with van der Waals surface area (Å²) in [7, 11) is 0. The number of benzene rings is 1. The van der Waals surface area contributed by atoms with Gasteiger partial charge in [-0.3, -0.25) is 0 Å². The van der Waals surface area contributed by atoms with Crippen molar-refractivity contribution in [3.8, 4) is 5.75 Å². The van der Waals surface area contributed by atoms with Crippen molar-refractivity contribution >= 4 is 27.7 Å². The third-order valence-electron chi connectivity index (χ3n) is 3.11. The number of thioether (sulfide) groups is 1. The fourth-order valence-electron chi connectivity index (χ4n) is 1.94. The fourth-order valence-corrected chi connectivity index (χ4v) is 2.75. The van der Waals surface area contributed by atoms with Gasteiger partial charge in [-0.2, -0.15) is 0 Å². The number of halogens is 1. The van der Waals surface area contributed by atoms with E-state index in [2.05, 4.69) is 46.5 Å². The number of rotatable bonds is 11. The van der Waals surface area contributed by atoms with Crippen molar-refractivity contribution in [1.82, 2.24) is 0 Å². The van der Waals surface area contributed by atoms with Gasteiger partial charge in [-0.05, 0) is 43.4 Å². The molecule has 0 atom stereocenters. The van der Waals surface area contributed by atoms with Crippen molar-refractivity contribution in [1.29, 1.82) is 0 Å². The molecule has 0 aliphatic rings. The summed E-state index contributed by atoms with van der Waals surface area (Å²) in [5, 5.41) is 1.15. The smallest absolute Gasteiger partial charge is 0.119 e. The molecule has 0 aliphatic carbocycles. The Bertz CT molecular complexity index is 313. The third kappa shape index (κ3) is 8.59. The van der Waals surface area contributed by atoms with Gasteiger partial charge in [0, 0.05) is 10.2 Å². The van der Waals surface area contributed by atoms with Crippen molar-refractivity contribution in [3.63, 3.8) is 0 Å². The van der Waals surface area contributed by atoms with Crippen LogP contribution < -0.4 is 4.74 Å². The summed E-state index contributed by atoms with van der Waals surface area (Å²) in [6, 6.07) is 8.35. The van der Waals surface area contributed by atoms with Crippen LogP contribution in [0.5, 0.6) is 5.75 Å². The van der Waals surface area contributed by atoms with Crippen molar-refractivity contribution in [2.75, 3.05) is 18.2 Å². The van der Waals surface area contributed by atoms with Gasteiger partial charge >= 0.3 is 0 Å². The number of alkyl halides is 1. The first-order valence-corrected chi connectivity index (χ1v) is 9.54. The van der Waals surface area contributed by atoms with Crippen molar-refractivity contribution < 1.29 is 4.74 Å². The van der Waals surface area contributed by atoms with E-state index in [0.717, 1.165) is 17.7 Å². The summed E-state index contributed by atoms with van der Waals surface area (Å²) in [6.07, 6.45) is 11.3. The van der Waals surface area contributed by atoms with E-state index in [4.69, 9.17) is 4.74 Å². The van der Waals surface area contributed by atoms with Crippen LogP contribution in [0.15, 0.2) is 29.2 Å². The summed E-state index contributed by atoms with van der Waals surface area (Å²) in [5.74, 6) is 0.995. The highest BCUT2D eigenvalue weighted by atomic mass is 79.9. The van der Waals surface area contributed by atoms with E-state index in [1.165, 1.54) is 49.8 Å². The van der Waals surface area contributed by atoms with E-state index in [0.29, 0.717) is 0 Å². The molecule has 0 saturated heterocycles. The summed E-state index contributed by atoms with van der Waals surface area (Å²) in [5.41, 5.74) is 0. The minimum absolute atomic E-state index is 0.847. The van der Waals surface area contributed by atoms with Crippen LogP contribution in [0.25, 0.3) is 0 Å². The lowest BCUT2D eigenvalue weighted by molar-refractivity contribution is 0.304. The molecule has 19 heavy (non-hydrogen) atoms. The van der Waals surface area contributed by atoms with Gasteiger partial charge in [0.05, 0.1) is 6.61 Å². The molecule has 0 bridgehead atoms. The third-order valence-corrected chi connectivity index (χ3v) is 4.41. The van der Waals surface area contributed by atoms with Crippen LogP contribution in [0.1, 0.15) is 44.9 Å². The normalized spacial score (nSPS) is 10.6. The Labute approximate surface area is 130 Å². The van der Waals surface area contributed by atoms with E-state index in [1.54, 1.807) is 11.8 Å². The molecule has 0 spiro atoms. The van der Waals surface area contributed by atoms with Crippen molar-refractivity contribution in [2.24, 2.45) is 0 Å². The molecular weight excluding hydrogens is 320 g/mol. The molecule has 0 fully saturated rings. The minimum Gasteiger partial charge on any atom is -0.494 e. The topological polar surface area (TPSA) is 9.23 Å². The predicted octanol–water partition coefficient (Wildman–Crippen LogP) is 5.91. The van der Waals surface area contributed by atoms with Gasteiger partial charge in [0.25, 0.3) is 0 Å². The van der Waals surface area contributed by atoms with Crippen LogP contribution in [0.4, 0.5) is 0 Å². The summed E-state index contributed by atoms with van der Waals surface area (Å²) in [6.45, 7) is 0.847. The zero-order valence-electron chi connectivity index (χ0n) is 11.9. The number of unbranched alkanes of at least 4 members (excludes halogenated alkanes) is 6. The highest BCUT2D eigenvalue weighted by Gasteiger charge is 1.95. The standard InChI is InChI=1S/C16H25BrOS/c1-19-16-11-9-15(10-12-16)18-14-8-6-4-2-3-5-7-13-17/h9-12H,2-8,13-14H2,1H3. The average molecular weight is 345 g/mol. The van der Waals surface area contributed by atoms with Gasteiger partial charge in [0.2, 0.25) is 0 Å². The van der Waals surface area contributed by atoms with Gasteiger partial charge in [-0.1, -0.05) is 48.0 Å². The molecule has 0 radical (unpaired) electrons. The monoisotopic (exact) mass is 344 g/mol. The van der Waals surface area contributed by atoms with Crippen LogP contribution in [-0.4, -0.2) is 18.2 Å². The molecule has 1 aromatic rings. The Morgan fingerprint density at radius 2 is 1.47 bits per heavy atom. The molecule has 0 aromatic heterocycles. The van der Waals surface area contributed by atoms with E-state index in [-0.39, 0.29) is 0 Å². The molecule has 1 nitrogen and oxygen atoms in total. The van der Waals surface area contributed by atoms with Crippen molar-refractivity contribution in [3.05, 3.63) is 24.3 Å². The maximum atomic E-state index is 5.74. The van der Waals surface area contributed by atoms with Gasteiger partial charge < -0.3 is 4.74 Å². The highest BCUT2D eigenvalue weighted by molar-refractivity contribution is 9.09. The lowest BCUT2D eigenvalue weighted by atomic mass is 10.1. The SMILES string of the molecule is CSc1ccc(OCCCCCCCCCBr)cc1. The van der Waals surface area contributed by atoms with E-state index >= 15 is 0 Å². The van der Waals surface area contributed by atoms with E-state index in [1.807, 2.05) is 0 Å². The highest BCUT2D eigenvalue weighted by Crippen LogP contribution is 2.19. The van der Waals surface area contributed by atoms with Gasteiger partial charge in [0.15, 0.2) is 0 Å². The average Bonchev–Trinajstić information content (AvgIpc) is 2.46. The Balaban J connectivity index is 1.95. The van der Waals surface area contributed by atoms with Gasteiger partial charge in [0.1, 0.15) is 5.75 Å². The Morgan fingerprint density at radius 1 is 0.895 bits per heavy atom. The first kappa shape index (κ1) is 16.9. The molecule has 0 unspecified atom stereocenters. The Kier molecular flexibility index (Phi) is 10.4. The zero-order chi connectivity index (χ0) is 13.8. The van der Waals surface area contributed by atoms with E-state index in [9.17, 15) is 0 Å². The first-order valence-electron chi connectivity index (χ1n) is 7.19. The summed E-state index contributed by atoms with van der Waals surface area (Å²) in [4.78, 5) is 1.29. The first-order chi connectivity index (χ1) is 9.36. The molecule has 0 amide bonds. The lowest BCUT2D eigenvalue weighted by Gasteiger charge is -2.06. The molecule has 1 rings (SSSR count). The van der Waals surface area contributed by atoms with E-state index < -0.39 is 0 Å². The number of ether oxygens (including phenoxy) is 1. The molecule has 3 heteroatoms. The Morgan fingerprint density at radius 3 is 2.05 bits per heavy atom. The second-order valence-corrected chi connectivity index (χ2v) is 6.36. The minimum atomic E-state index is 0.847. The maximum Gasteiger partial charge on any atom is 0.119 e. The second-order valence-electron chi connectivity index (χ2n) is 4.69. The van der Waals surface area contributed by atoms with Crippen LogP contribution in [0, 0.1) is 0 Å². The molecule has 0 aliphatic heterocycles. The Hall–Kier alpha value is -0.150. The maximum absolute atomic E-state index is 5.74. The zero-order valence-corrected chi connectivity index (χ0v) is 14.3. The molecule has 108 valence electrons. The lowest BCUT2D eigenvalue weighted by Crippen LogP contribution is -1.97. The van der Waals surface area contributed by atoms with Crippen LogP contribution in [0.2, 0.25) is 0 Å². The predicted molar refractivity (Wildman–Crippen MR) is 89.8 cm³/mol. The quantitative estimate of drug-likeness (QED) is 0.280. The summed E-state index contributed by atoms with van der Waals surface area (Å²) < 4.78 is 5.74. The van der Waals surface area contributed by atoms with Crippen LogP contribution in [0.3, 0.4) is 0 Å².